The summed E-state index contributed by atoms with van der Waals surface area (Å²) in [5.74, 6) is 0.605. The van der Waals surface area contributed by atoms with Crippen LogP contribution in [0, 0.1) is 0 Å². The highest BCUT2D eigenvalue weighted by Gasteiger charge is 2.23. The number of hydrogen-bond donors (Lipinski definition) is 1. The number of thiophene rings is 1. The maximum Gasteiger partial charge on any atom is 0.137 e. The highest BCUT2D eigenvalue weighted by atomic mass is 32.1. The van der Waals surface area contributed by atoms with Gasteiger partial charge in [-0.3, -0.25) is 4.90 Å². The first kappa shape index (κ1) is 13.0. The molecule has 0 bridgehead atoms. The standard InChI is InChI=1S/C17H19N3S/c1-4-13-10-16(19-17(13)18-7-1)14-5-2-8-20(11-14)12-15-6-3-9-21-15/h1,3-4,6-7,9-10,14H,2,5,8,11-12H2,(H,18,19). The van der Waals surface area contributed by atoms with Crippen LogP contribution in [0.2, 0.25) is 0 Å². The molecule has 0 spiro atoms. The SMILES string of the molecule is c1csc(CN2CCCC(c3cc4cccnc4[nH]3)C2)c1. The normalized spacial score (nSPS) is 20.1. The molecule has 0 saturated carbocycles. The molecule has 3 aromatic heterocycles. The van der Waals surface area contributed by atoms with E-state index in [-0.39, 0.29) is 0 Å². The minimum Gasteiger partial charge on any atom is -0.343 e. The van der Waals surface area contributed by atoms with Crippen molar-refractivity contribution in [1.29, 1.82) is 0 Å². The van der Waals surface area contributed by atoms with Crippen molar-refractivity contribution >= 4 is 22.4 Å². The van der Waals surface area contributed by atoms with Gasteiger partial charge in [0.1, 0.15) is 5.65 Å². The van der Waals surface area contributed by atoms with E-state index in [1.165, 1.54) is 35.3 Å². The smallest absolute Gasteiger partial charge is 0.137 e. The van der Waals surface area contributed by atoms with Crippen molar-refractivity contribution in [3.63, 3.8) is 0 Å². The minimum absolute atomic E-state index is 0.605. The third-order valence-electron chi connectivity index (χ3n) is 4.32. The highest BCUT2D eigenvalue weighted by Crippen LogP contribution is 2.29. The summed E-state index contributed by atoms with van der Waals surface area (Å²) >= 11 is 1.86. The Morgan fingerprint density at radius 3 is 3.19 bits per heavy atom. The van der Waals surface area contributed by atoms with Crippen LogP contribution in [-0.4, -0.2) is 28.0 Å². The zero-order valence-electron chi connectivity index (χ0n) is 12.0. The lowest BCUT2D eigenvalue weighted by Gasteiger charge is -2.32. The Hall–Kier alpha value is -1.65. The molecular formula is C17H19N3S. The molecular weight excluding hydrogens is 278 g/mol. The molecule has 108 valence electrons. The van der Waals surface area contributed by atoms with Crippen molar-refractivity contribution < 1.29 is 0 Å². The molecule has 0 radical (unpaired) electrons. The molecule has 3 nitrogen and oxygen atoms in total. The fraction of sp³-hybridized carbons (Fsp3) is 0.353. The van der Waals surface area contributed by atoms with Gasteiger partial charge < -0.3 is 4.98 Å². The summed E-state index contributed by atoms with van der Waals surface area (Å²) in [5.41, 5.74) is 2.36. The lowest BCUT2D eigenvalue weighted by Crippen LogP contribution is -2.33. The van der Waals surface area contributed by atoms with Crippen LogP contribution in [0.4, 0.5) is 0 Å². The molecule has 0 aromatic carbocycles. The minimum atomic E-state index is 0.605. The largest absolute Gasteiger partial charge is 0.343 e. The second kappa shape index (κ2) is 5.62. The lowest BCUT2D eigenvalue weighted by atomic mass is 9.95. The zero-order valence-corrected chi connectivity index (χ0v) is 12.8. The first-order valence-electron chi connectivity index (χ1n) is 7.57. The number of rotatable bonds is 3. The van der Waals surface area contributed by atoms with Gasteiger partial charge in [-0.2, -0.15) is 0 Å². The van der Waals surface area contributed by atoms with E-state index < -0.39 is 0 Å². The Morgan fingerprint density at radius 1 is 1.33 bits per heavy atom. The number of nitrogens with one attached hydrogen (secondary N) is 1. The number of nitrogens with zero attached hydrogens (tertiary/aromatic N) is 2. The van der Waals surface area contributed by atoms with Gasteiger partial charge in [0.15, 0.2) is 0 Å². The Balaban J connectivity index is 1.52. The summed E-state index contributed by atoms with van der Waals surface area (Å²) in [4.78, 5) is 12.0. The molecule has 1 aliphatic rings. The van der Waals surface area contributed by atoms with E-state index in [2.05, 4.69) is 44.5 Å². The molecule has 1 unspecified atom stereocenters. The fourth-order valence-electron chi connectivity index (χ4n) is 3.27. The molecule has 21 heavy (non-hydrogen) atoms. The van der Waals surface area contributed by atoms with Gasteiger partial charge in [0, 0.05) is 41.2 Å². The van der Waals surface area contributed by atoms with Crippen LogP contribution in [0.15, 0.2) is 41.9 Å². The van der Waals surface area contributed by atoms with Gasteiger partial charge in [0.25, 0.3) is 0 Å². The molecule has 4 rings (SSSR count). The topological polar surface area (TPSA) is 31.9 Å². The molecule has 1 saturated heterocycles. The van der Waals surface area contributed by atoms with Gasteiger partial charge in [0.2, 0.25) is 0 Å². The average molecular weight is 297 g/mol. The monoisotopic (exact) mass is 297 g/mol. The van der Waals surface area contributed by atoms with Crippen LogP contribution in [-0.2, 0) is 6.54 Å². The third-order valence-corrected chi connectivity index (χ3v) is 5.18. The van der Waals surface area contributed by atoms with Crippen LogP contribution < -0.4 is 0 Å². The molecule has 1 fully saturated rings. The van der Waals surface area contributed by atoms with Gasteiger partial charge in [0.05, 0.1) is 0 Å². The van der Waals surface area contributed by atoms with Crippen LogP contribution in [0.25, 0.3) is 11.0 Å². The Bertz CT molecular complexity index is 684. The third kappa shape index (κ3) is 2.74. The van der Waals surface area contributed by atoms with Crippen molar-refractivity contribution in [2.24, 2.45) is 0 Å². The predicted octanol–water partition coefficient (Wildman–Crippen LogP) is 4.00. The number of pyridine rings is 1. The van der Waals surface area contributed by atoms with Crippen molar-refractivity contribution in [3.05, 3.63) is 52.5 Å². The molecule has 4 heterocycles. The van der Waals surface area contributed by atoms with Crippen LogP contribution in [0.3, 0.4) is 0 Å². The molecule has 1 aliphatic heterocycles. The van der Waals surface area contributed by atoms with Crippen molar-refractivity contribution in [2.75, 3.05) is 13.1 Å². The van der Waals surface area contributed by atoms with Gasteiger partial charge in [-0.1, -0.05) is 6.07 Å². The fourth-order valence-corrected chi connectivity index (χ4v) is 4.02. The second-order valence-corrected chi connectivity index (χ2v) is 6.85. The first-order valence-corrected chi connectivity index (χ1v) is 8.45. The molecule has 1 N–H and O–H groups in total. The number of aromatic amines is 1. The quantitative estimate of drug-likeness (QED) is 0.792. The predicted molar refractivity (Wildman–Crippen MR) is 87.7 cm³/mol. The summed E-state index contributed by atoms with van der Waals surface area (Å²) in [5, 5.41) is 3.39. The number of hydrogen-bond acceptors (Lipinski definition) is 3. The van der Waals surface area contributed by atoms with Gasteiger partial charge in [-0.05, 0) is 49.0 Å². The molecule has 4 heteroatoms. The Morgan fingerprint density at radius 2 is 2.33 bits per heavy atom. The summed E-state index contributed by atoms with van der Waals surface area (Å²) in [7, 11) is 0. The van der Waals surface area contributed by atoms with E-state index in [9.17, 15) is 0 Å². The summed E-state index contributed by atoms with van der Waals surface area (Å²) in [6.45, 7) is 3.45. The summed E-state index contributed by atoms with van der Waals surface area (Å²) in [6, 6.07) is 10.8. The Labute approximate surface area is 128 Å². The van der Waals surface area contributed by atoms with E-state index in [1.807, 2.05) is 23.6 Å². The number of fused-ring (bicyclic) bond motifs is 1. The number of aromatic nitrogens is 2. The molecule has 0 amide bonds. The van der Waals surface area contributed by atoms with E-state index in [0.29, 0.717) is 5.92 Å². The zero-order chi connectivity index (χ0) is 14.1. The highest BCUT2D eigenvalue weighted by molar-refractivity contribution is 7.09. The van der Waals surface area contributed by atoms with Crippen LogP contribution in [0.1, 0.15) is 29.3 Å². The number of piperidine rings is 1. The van der Waals surface area contributed by atoms with Crippen molar-refractivity contribution in [1.82, 2.24) is 14.9 Å². The van der Waals surface area contributed by atoms with E-state index in [1.54, 1.807) is 0 Å². The maximum atomic E-state index is 4.41. The molecule has 3 aromatic rings. The van der Waals surface area contributed by atoms with Gasteiger partial charge in [-0.15, -0.1) is 11.3 Å². The average Bonchev–Trinajstić information content (AvgIpc) is 3.16. The number of H-pyrrole nitrogens is 1. The molecule has 0 aliphatic carbocycles. The van der Waals surface area contributed by atoms with Gasteiger partial charge >= 0.3 is 0 Å². The van der Waals surface area contributed by atoms with Crippen LogP contribution >= 0.6 is 11.3 Å². The molecule has 1 atom stereocenters. The van der Waals surface area contributed by atoms with E-state index >= 15 is 0 Å². The lowest BCUT2D eigenvalue weighted by molar-refractivity contribution is 0.200. The second-order valence-electron chi connectivity index (χ2n) is 5.82. The van der Waals surface area contributed by atoms with Crippen LogP contribution in [0.5, 0.6) is 0 Å². The first-order chi connectivity index (χ1) is 10.4. The Kier molecular flexibility index (Phi) is 3.49. The van der Waals surface area contributed by atoms with Crippen molar-refractivity contribution in [3.8, 4) is 0 Å². The maximum absolute atomic E-state index is 4.41. The number of likely N-dealkylation sites (tertiary alicyclic amines) is 1. The van der Waals surface area contributed by atoms with Crippen molar-refractivity contribution in [2.45, 2.75) is 25.3 Å². The summed E-state index contributed by atoms with van der Waals surface area (Å²) < 4.78 is 0. The van der Waals surface area contributed by atoms with E-state index in [4.69, 9.17) is 0 Å². The van der Waals surface area contributed by atoms with E-state index in [0.717, 1.165) is 18.7 Å². The summed E-state index contributed by atoms with van der Waals surface area (Å²) in [6.07, 6.45) is 4.40. The van der Waals surface area contributed by atoms with Gasteiger partial charge in [-0.25, -0.2) is 4.98 Å².